The van der Waals surface area contributed by atoms with Crippen LogP contribution in [-0.2, 0) is 4.74 Å². The first kappa shape index (κ1) is 13.6. The maximum Gasteiger partial charge on any atom is 0.252 e. The molecule has 1 heterocycles. The Kier molecular flexibility index (Phi) is 4.01. The zero-order chi connectivity index (χ0) is 13.4. The molecule has 2 unspecified atom stereocenters. The molecule has 1 aromatic rings. The third-order valence-corrected chi connectivity index (χ3v) is 4.89. The van der Waals surface area contributed by atoms with E-state index in [-0.39, 0.29) is 18.1 Å². The Morgan fingerprint density at radius 2 is 2.16 bits per heavy atom. The van der Waals surface area contributed by atoms with Crippen molar-refractivity contribution in [1.29, 1.82) is 0 Å². The van der Waals surface area contributed by atoms with Crippen LogP contribution in [0.15, 0.2) is 18.2 Å². The summed E-state index contributed by atoms with van der Waals surface area (Å²) >= 11 is 8.12. The highest BCUT2D eigenvalue weighted by molar-refractivity contribution is 14.1. The first-order valence-electron chi connectivity index (χ1n) is 6.52. The topological polar surface area (TPSA) is 38.3 Å². The van der Waals surface area contributed by atoms with E-state index in [4.69, 9.17) is 16.3 Å². The summed E-state index contributed by atoms with van der Waals surface area (Å²) in [5, 5.41) is 3.70. The van der Waals surface area contributed by atoms with Crippen molar-refractivity contribution in [2.45, 2.75) is 31.4 Å². The molecule has 3 nitrogen and oxygen atoms in total. The third kappa shape index (κ3) is 3.06. The summed E-state index contributed by atoms with van der Waals surface area (Å²) in [7, 11) is 0. The molecule has 1 saturated carbocycles. The van der Waals surface area contributed by atoms with Gasteiger partial charge in [0, 0.05) is 15.2 Å². The molecule has 0 aromatic heterocycles. The molecule has 0 bridgehead atoms. The molecule has 1 saturated heterocycles. The third-order valence-electron chi connectivity index (χ3n) is 3.71. The first-order valence-corrected chi connectivity index (χ1v) is 7.98. The number of ether oxygens (including phenoxy) is 1. The monoisotopic (exact) mass is 391 g/mol. The SMILES string of the molecule is O=C(NC1CCOC1C1CC1)c1cc(Cl)ccc1I. The predicted molar refractivity (Wildman–Crippen MR) is 82.5 cm³/mol. The number of halogens is 2. The summed E-state index contributed by atoms with van der Waals surface area (Å²) in [6.07, 6.45) is 3.57. The van der Waals surface area contributed by atoms with Crippen molar-refractivity contribution < 1.29 is 9.53 Å². The Hall–Kier alpha value is -0.330. The van der Waals surface area contributed by atoms with Gasteiger partial charge in [-0.15, -0.1) is 0 Å². The Morgan fingerprint density at radius 3 is 2.89 bits per heavy atom. The fourth-order valence-corrected chi connectivity index (χ4v) is 3.33. The van der Waals surface area contributed by atoms with Crippen molar-refractivity contribution in [3.8, 4) is 0 Å². The van der Waals surface area contributed by atoms with Gasteiger partial charge < -0.3 is 10.1 Å². The van der Waals surface area contributed by atoms with E-state index in [1.165, 1.54) is 12.8 Å². The van der Waals surface area contributed by atoms with E-state index in [0.29, 0.717) is 16.5 Å². The van der Waals surface area contributed by atoms with Crippen LogP contribution in [-0.4, -0.2) is 24.7 Å². The van der Waals surface area contributed by atoms with E-state index in [9.17, 15) is 4.79 Å². The number of nitrogens with one attached hydrogen (secondary N) is 1. The Morgan fingerprint density at radius 1 is 1.37 bits per heavy atom. The van der Waals surface area contributed by atoms with Crippen LogP contribution in [0.1, 0.15) is 29.6 Å². The fraction of sp³-hybridized carbons (Fsp3) is 0.500. The van der Waals surface area contributed by atoms with Gasteiger partial charge in [-0.1, -0.05) is 11.6 Å². The van der Waals surface area contributed by atoms with Gasteiger partial charge in [0.2, 0.25) is 0 Å². The molecule has 3 rings (SSSR count). The molecule has 2 atom stereocenters. The molecule has 0 radical (unpaired) electrons. The lowest BCUT2D eigenvalue weighted by molar-refractivity contribution is 0.0729. The van der Waals surface area contributed by atoms with Crippen LogP contribution in [0, 0.1) is 9.49 Å². The van der Waals surface area contributed by atoms with Crippen molar-refractivity contribution in [2.75, 3.05) is 6.61 Å². The van der Waals surface area contributed by atoms with Crippen LogP contribution < -0.4 is 5.32 Å². The van der Waals surface area contributed by atoms with Crippen LogP contribution >= 0.6 is 34.2 Å². The summed E-state index contributed by atoms with van der Waals surface area (Å²) in [4.78, 5) is 12.3. The largest absolute Gasteiger partial charge is 0.376 e. The minimum Gasteiger partial charge on any atom is -0.376 e. The van der Waals surface area contributed by atoms with Crippen molar-refractivity contribution in [1.82, 2.24) is 5.32 Å². The number of hydrogen-bond donors (Lipinski definition) is 1. The molecule has 0 spiro atoms. The molecule has 102 valence electrons. The maximum atomic E-state index is 12.3. The van der Waals surface area contributed by atoms with Gasteiger partial charge in [-0.05, 0) is 66.0 Å². The smallest absolute Gasteiger partial charge is 0.252 e. The van der Waals surface area contributed by atoms with E-state index < -0.39 is 0 Å². The van der Waals surface area contributed by atoms with Gasteiger partial charge in [0.15, 0.2) is 0 Å². The lowest BCUT2D eigenvalue weighted by Gasteiger charge is -2.19. The summed E-state index contributed by atoms with van der Waals surface area (Å²) < 4.78 is 6.66. The molecule has 2 aliphatic rings. The van der Waals surface area contributed by atoms with Gasteiger partial charge in [0.1, 0.15) is 0 Å². The lowest BCUT2D eigenvalue weighted by atomic mass is 10.1. The van der Waals surface area contributed by atoms with E-state index >= 15 is 0 Å². The molecule has 1 N–H and O–H groups in total. The van der Waals surface area contributed by atoms with Crippen LogP contribution in [0.25, 0.3) is 0 Å². The van der Waals surface area contributed by atoms with Gasteiger partial charge in [0.25, 0.3) is 5.91 Å². The molecular weight excluding hydrogens is 377 g/mol. The van der Waals surface area contributed by atoms with Crippen LogP contribution in [0.5, 0.6) is 0 Å². The van der Waals surface area contributed by atoms with Crippen molar-refractivity contribution in [3.63, 3.8) is 0 Å². The second-order valence-electron chi connectivity index (χ2n) is 5.17. The second kappa shape index (κ2) is 5.58. The van der Waals surface area contributed by atoms with Gasteiger partial charge >= 0.3 is 0 Å². The average molecular weight is 392 g/mol. The predicted octanol–water partition coefficient (Wildman–Crippen LogP) is 3.24. The van der Waals surface area contributed by atoms with Crippen LogP contribution in [0.2, 0.25) is 5.02 Å². The molecular formula is C14H15ClINO2. The molecule has 1 aromatic carbocycles. The van der Waals surface area contributed by atoms with Crippen LogP contribution in [0.4, 0.5) is 0 Å². The molecule has 5 heteroatoms. The van der Waals surface area contributed by atoms with E-state index in [1.807, 2.05) is 6.07 Å². The van der Waals surface area contributed by atoms with E-state index in [0.717, 1.165) is 16.6 Å². The second-order valence-corrected chi connectivity index (χ2v) is 6.76. The van der Waals surface area contributed by atoms with E-state index in [2.05, 4.69) is 27.9 Å². The Labute approximate surface area is 131 Å². The average Bonchev–Trinajstić information content (AvgIpc) is 3.13. The molecule has 2 fully saturated rings. The van der Waals surface area contributed by atoms with Crippen LogP contribution in [0.3, 0.4) is 0 Å². The first-order chi connectivity index (χ1) is 9.15. The van der Waals surface area contributed by atoms with E-state index in [1.54, 1.807) is 12.1 Å². The summed E-state index contributed by atoms with van der Waals surface area (Å²) in [5.74, 6) is 0.597. The fourth-order valence-electron chi connectivity index (χ4n) is 2.57. The number of rotatable bonds is 3. The zero-order valence-corrected chi connectivity index (χ0v) is 13.3. The Balaban J connectivity index is 1.72. The Bertz CT molecular complexity index is 504. The van der Waals surface area contributed by atoms with Gasteiger partial charge in [-0.3, -0.25) is 4.79 Å². The number of hydrogen-bond acceptors (Lipinski definition) is 2. The standard InChI is InChI=1S/C14H15ClINO2/c15-9-3-4-11(16)10(7-9)14(18)17-12-5-6-19-13(12)8-1-2-8/h3-4,7-8,12-13H,1-2,5-6H2,(H,17,18). The number of carbonyl (C=O) groups excluding carboxylic acids is 1. The summed E-state index contributed by atoms with van der Waals surface area (Å²) in [5.41, 5.74) is 0.648. The molecule has 1 aliphatic carbocycles. The molecule has 19 heavy (non-hydrogen) atoms. The molecule has 1 amide bonds. The molecule has 1 aliphatic heterocycles. The minimum atomic E-state index is -0.0481. The summed E-state index contributed by atoms with van der Waals surface area (Å²) in [6.45, 7) is 0.749. The normalized spacial score (nSPS) is 26.4. The van der Waals surface area contributed by atoms with Crippen molar-refractivity contribution >= 4 is 40.1 Å². The number of carbonyl (C=O) groups is 1. The number of benzene rings is 1. The van der Waals surface area contributed by atoms with Gasteiger partial charge in [-0.25, -0.2) is 0 Å². The zero-order valence-electron chi connectivity index (χ0n) is 10.4. The minimum absolute atomic E-state index is 0.0481. The van der Waals surface area contributed by atoms with Gasteiger partial charge in [0.05, 0.1) is 17.7 Å². The lowest BCUT2D eigenvalue weighted by Crippen LogP contribution is -2.41. The van der Waals surface area contributed by atoms with Gasteiger partial charge in [-0.2, -0.15) is 0 Å². The maximum absolute atomic E-state index is 12.3. The highest BCUT2D eigenvalue weighted by Crippen LogP contribution is 2.38. The van der Waals surface area contributed by atoms with Crippen molar-refractivity contribution in [2.24, 2.45) is 5.92 Å². The summed E-state index contributed by atoms with van der Waals surface area (Å²) in [6, 6.07) is 5.53. The van der Waals surface area contributed by atoms with Crippen molar-refractivity contribution in [3.05, 3.63) is 32.4 Å². The highest BCUT2D eigenvalue weighted by atomic mass is 127. The highest BCUT2D eigenvalue weighted by Gasteiger charge is 2.41. The quantitative estimate of drug-likeness (QED) is 0.804. The number of amides is 1.